The van der Waals surface area contributed by atoms with Gasteiger partial charge in [0, 0.05) is 18.8 Å². The lowest BCUT2D eigenvalue weighted by atomic mass is 9.97. The van der Waals surface area contributed by atoms with Crippen LogP contribution in [-0.2, 0) is 0 Å². The molecule has 6 heteroatoms. The first-order chi connectivity index (χ1) is 11.3. The van der Waals surface area contributed by atoms with Crippen LogP contribution in [0, 0.1) is 5.92 Å². The van der Waals surface area contributed by atoms with E-state index in [1.165, 1.54) is 38.5 Å². The van der Waals surface area contributed by atoms with E-state index in [0.717, 1.165) is 25.9 Å². The predicted octanol–water partition coefficient (Wildman–Crippen LogP) is 3.32. The molecule has 1 aromatic heterocycles. The van der Waals surface area contributed by atoms with E-state index in [1.807, 2.05) is 16.9 Å². The van der Waals surface area contributed by atoms with Gasteiger partial charge in [0.25, 0.3) is 5.91 Å². The highest BCUT2D eigenvalue weighted by Crippen LogP contribution is 2.30. The molecule has 3 unspecified atom stereocenters. The van der Waals surface area contributed by atoms with Crippen LogP contribution in [0.1, 0.15) is 74.8 Å². The molecule has 1 aliphatic heterocycles. The van der Waals surface area contributed by atoms with Crippen molar-refractivity contribution in [2.75, 3.05) is 13.1 Å². The second-order valence-electron chi connectivity index (χ2n) is 7.09. The second-order valence-corrected chi connectivity index (χ2v) is 7.09. The van der Waals surface area contributed by atoms with Gasteiger partial charge >= 0.3 is 0 Å². The first kappa shape index (κ1) is 19.3. The summed E-state index contributed by atoms with van der Waals surface area (Å²) in [5, 5.41) is 11.2. The van der Waals surface area contributed by atoms with Gasteiger partial charge in [-0.2, -0.15) is 5.10 Å². The quantitative estimate of drug-likeness (QED) is 0.823. The average molecular weight is 355 g/mol. The zero-order chi connectivity index (χ0) is 16.1. The lowest BCUT2D eigenvalue weighted by molar-refractivity contribution is 0.0920. The summed E-state index contributed by atoms with van der Waals surface area (Å²) in [6.07, 6.45) is 11.6. The number of halogens is 1. The summed E-state index contributed by atoms with van der Waals surface area (Å²) in [6, 6.07) is 2.59. The van der Waals surface area contributed by atoms with Crippen molar-refractivity contribution in [2.45, 2.75) is 70.4 Å². The molecule has 5 nitrogen and oxygen atoms in total. The number of unbranched alkanes of at least 4 members (excludes halogenated alkanes) is 1. The van der Waals surface area contributed by atoms with Gasteiger partial charge in [0.05, 0.1) is 6.04 Å². The van der Waals surface area contributed by atoms with Crippen LogP contribution in [0.2, 0.25) is 0 Å². The second kappa shape index (κ2) is 9.42. The van der Waals surface area contributed by atoms with Gasteiger partial charge in [0.1, 0.15) is 5.69 Å². The molecule has 0 aromatic carbocycles. The highest BCUT2D eigenvalue weighted by atomic mass is 35.5. The van der Waals surface area contributed by atoms with Crippen LogP contribution in [-0.4, -0.2) is 34.8 Å². The monoisotopic (exact) mass is 354 g/mol. The number of carbonyl (C=O) groups is 1. The van der Waals surface area contributed by atoms with Gasteiger partial charge in [-0.25, -0.2) is 0 Å². The molecule has 0 spiro atoms. The maximum absolute atomic E-state index is 12.5. The maximum Gasteiger partial charge on any atom is 0.272 e. The first-order valence-corrected chi connectivity index (χ1v) is 9.34. The van der Waals surface area contributed by atoms with Gasteiger partial charge < -0.3 is 10.6 Å². The van der Waals surface area contributed by atoms with E-state index in [4.69, 9.17) is 0 Å². The summed E-state index contributed by atoms with van der Waals surface area (Å²) in [6.45, 7) is 4.27. The number of amides is 1. The summed E-state index contributed by atoms with van der Waals surface area (Å²) in [4.78, 5) is 12.5. The van der Waals surface area contributed by atoms with Crippen LogP contribution in [0.25, 0.3) is 0 Å². The molecule has 24 heavy (non-hydrogen) atoms. The van der Waals surface area contributed by atoms with Crippen molar-refractivity contribution in [3.05, 3.63) is 18.0 Å². The van der Waals surface area contributed by atoms with Gasteiger partial charge in [-0.3, -0.25) is 9.48 Å². The zero-order valence-corrected chi connectivity index (χ0v) is 15.5. The van der Waals surface area contributed by atoms with E-state index < -0.39 is 0 Å². The van der Waals surface area contributed by atoms with Crippen LogP contribution >= 0.6 is 12.4 Å². The Kier molecular flexibility index (Phi) is 7.56. The molecule has 2 fully saturated rings. The van der Waals surface area contributed by atoms with Crippen LogP contribution in [0.4, 0.5) is 0 Å². The fourth-order valence-electron chi connectivity index (χ4n) is 4.00. The molecule has 1 amide bonds. The number of nitrogens with one attached hydrogen (secondary N) is 2. The van der Waals surface area contributed by atoms with Crippen LogP contribution in [0.15, 0.2) is 12.3 Å². The highest BCUT2D eigenvalue weighted by Gasteiger charge is 2.29. The van der Waals surface area contributed by atoms with Crippen molar-refractivity contribution in [1.29, 1.82) is 0 Å². The number of aromatic nitrogens is 2. The molecule has 1 aromatic rings. The number of piperidine rings is 1. The summed E-state index contributed by atoms with van der Waals surface area (Å²) in [5.41, 5.74) is 0.566. The lowest BCUT2D eigenvalue weighted by Crippen LogP contribution is -2.37. The van der Waals surface area contributed by atoms with Crippen molar-refractivity contribution < 1.29 is 4.79 Å². The Morgan fingerprint density at radius 2 is 2.25 bits per heavy atom. The van der Waals surface area contributed by atoms with E-state index in [1.54, 1.807) is 0 Å². The fourth-order valence-corrected chi connectivity index (χ4v) is 4.00. The minimum Gasteiger partial charge on any atom is -0.348 e. The predicted molar refractivity (Wildman–Crippen MR) is 98.7 cm³/mol. The molecular weight excluding hydrogens is 324 g/mol. The normalized spacial score (nSPS) is 26.8. The van der Waals surface area contributed by atoms with Crippen LogP contribution < -0.4 is 10.6 Å². The maximum atomic E-state index is 12.5. The summed E-state index contributed by atoms with van der Waals surface area (Å²) in [5.74, 6) is 0.657. The Balaban J connectivity index is 0.00000208. The smallest absolute Gasteiger partial charge is 0.272 e. The van der Waals surface area contributed by atoms with Crippen molar-refractivity contribution in [3.63, 3.8) is 0 Å². The largest absolute Gasteiger partial charge is 0.348 e. The van der Waals surface area contributed by atoms with E-state index in [2.05, 4.69) is 22.7 Å². The molecule has 2 heterocycles. The standard InChI is InChI=1S/C18H30N4O.ClH/c1-2-3-6-14-7-4-9-16(14)20-18(23)17-10-12-22(21-17)15-8-5-11-19-13-15;/h10,12,14-16,19H,2-9,11,13H2,1H3,(H,20,23);1H. The third-order valence-electron chi connectivity index (χ3n) is 5.39. The number of nitrogens with zero attached hydrogens (tertiary/aromatic N) is 2. The Hall–Kier alpha value is -1.07. The third kappa shape index (κ3) is 4.73. The van der Waals surface area contributed by atoms with Gasteiger partial charge in [0.15, 0.2) is 0 Å². The first-order valence-electron chi connectivity index (χ1n) is 9.34. The Labute approximate surface area is 151 Å². The molecule has 2 N–H and O–H groups in total. The Bertz CT molecular complexity index is 513. The lowest BCUT2D eigenvalue weighted by Gasteiger charge is -2.23. The molecule has 1 saturated carbocycles. The minimum absolute atomic E-state index is 0. The molecule has 1 saturated heterocycles. The average Bonchev–Trinajstić information content (AvgIpc) is 3.23. The zero-order valence-electron chi connectivity index (χ0n) is 14.7. The molecule has 0 bridgehead atoms. The molecule has 0 radical (unpaired) electrons. The van der Waals surface area contributed by atoms with Gasteiger partial charge in [-0.05, 0) is 50.6 Å². The number of hydrogen-bond acceptors (Lipinski definition) is 3. The molecular formula is C18H31ClN4O. The molecule has 1 aliphatic carbocycles. The SMILES string of the molecule is CCCCC1CCCC1NC(=O)c1ccn(C2CCCNC2)n1.Cl. The van der Waals surface area contributed by atoms with E-state index in [9.17, 15) is 4.79 Å². The van der Waals surface area contributed by atoms with Crippen LogP contribution in [0.3, 0.4) is 0 Å². The molecule has 2 aliphatic rings. The van der Waals surface area contributed by atoms with Gasteiger partial charge in [-0.15, -0.1) is 12.4 Å². The number of carbonyl (C=O) groups excluding carboxylic acids is 1. The number of rotatable bonds is 6. The fraction of sp³-hybridized carbons (Fsp3) is 0.778. The van der Waals surface area contributed by atoms with E-state index in [-0.39, 0.29) is 18.3 Å². The summed E-state index contributed by atoms with van der Waals surface area (Å²) >= 11 is 0. The van der Waals surface area contributed by atoms with Crippen molar-refractivity contribution in [3.8, 4) is 0 Å². The Morgan fingerprint density at radius 3 is 3.00 bits per heavy atom. The molecule has 3 rings (SSSR count). The van der Waals surface area contributed by atoms with Crippen molar-refractivity contribution in [1.82, 2.24) is 20.4 Å². The van der Waals surface area contributed by atoms with E-state index >= 15 is 0 Å². The topological polar surface area (TPSA) is 59.0 Å². The third-order valence-corrected chi connectivity index (χ3v) is 5.39. The minimum atomic E-state index is 0. The summed E-state index contributed by atoms with van der Waals surface area (Å²) in [7, 11) is 0. The highest BCUT2D eigenvalue weighted by molar-refractivity contribution is 5.92. The molecule has 136 valence electrons. The van der Waals surface area contributed by atoms with Gasteiger partial charge in [0.2, 0.25) is 0 Å². The van der Waals surface area contributed by atoms with Crippen molar-refractivity contribution in [2.24, 2.45) is 5.92 Å². The van der Waals surface area contributed by atoms with E-state index in [0.29, 0.717) is 23.7 Å². The Morgan fingerprint density at radius 1 is 1.38 bits per heavy atom. The number of hydrogen-bond donors (Lipinski definition) is 2. The summed E-state index contributed by atoms with van der Waals surface area (Å²) < 4.78 is 1.96. The molecule has 3 atom stereocenters. The van der Waals surface area contributed by atoms with Crippen molar-refractivity contribution >= 4 is 18.3 Å². The van der Waals surface area contributed by atoms with Gasteiger partial charge in [-0.1, -0.05) is 26.2 Å². The van der Waals surface area contributed by atoms with Crippen LogP contribution in [0.5, 0.6) is 0 Å².